The second-order valence-electron chi connectivity index (χ2n) is 12.3. The van der Waals surface area contributed by atoms with Gasteiger partial charge in [-0.1, -0.05) is 17.7 Å². The van der Waals surface area contributed by atoms with Crippen molar-refractivity contribution in [1.82, 2.24) is 14.7 Å². The number of fused-ring (bicyclic) bond motifs is 1. The van der Waals surface area contributed by atoms with Gasteiger partial charge in [0.25, 0.3) is 5.91 Å². The predicted octanol–water partition coefficient (Wildman–Crippen LogP) is 5.49. The number of nitrogens with zero attached hydrogens (tertiary/aromatic N) is 4. The number of amides is 3. The second-order valence-corrected chi connectivity index (χ2v) is 12.7. The third-order valence-electron chi connectivity index (χ3n) is 9.20. The Bertz CT molecular complexity index is 1400. The number of likely N-dealkylation sites (tertiary alicyclic amines) is 3. The molecule has 0 radical (unpaired) electrons. The summed E-state index contributed by atoms with van der Waals surface area (Å²) in [5, 5.41) is 0.589. The Morgan fingerprint density at radius 1 is 0.955 bits per heavy atom. The molecule has 3 aliphatic rings. The van der Waals surface area contributed by atoms with Gasteiger partial charge in [0.05, 0.1) is 5.56 Å². The highest BCUT2D eigenvalue weighted by Crippen LogP contribution is 2.34. The molecule has 3 heterocycles. The predicted molar refractivity (Wildman–Crippen MR) is 159 cm³/mol. The number of carbonyl (C=O) groups is 3. The maximum atomic E-state index is 13.9. The lowest BCUT2D eigenvalue weighted by molar-refractivity contribution is -0.137. The summed E-state index contributed by atoms with van der Waals surface area (Å²) in [5.41, 5.74) is 0.209. The Hall–Kier alpha value is -3.18. The number of rotatable bonds is 7. The maximum absolute atomic E-state index is 13.9. The molecule has 2 atom stereocenters. The Labute approximate surface area is 259 Å². The molecule has 3 fully saturated rings. The van der Waals surface area contributed by atoms with E-state index in [1.165, 1.54) is 4.90 Å². The van der Waals surface area contributed by atoms with E-state index < -0.39 is 23.5 Å². The second kappa shape index (κ2) is 13.0. The van der Waals surface area contributed by atoms with Crippen LogP contribution >= 0.6 is 11.6 Å². The van der Waals surface area contributed by atoms with Crippen LogP contribution in [0.5, 0.6) is 0 Å². The number of piperidine rings is 1. The molecule has 0 N–H and O–H groups in total. The van der Waals surface area contributed by atoms with Crippen molar-refractivity contribution in [2.45, 2.75) is 39.3 Å². The lowest BCUT2D eigenvalue weighted by Crippen LogP contribution is -2.44. The van der Waals surface area contributed by atoms with Crippen molar-refractivity contribution >= 4 is 35.0 Å². The molecule has 44 heavy (non-hydrogen) atoms. The van der Waals surface area contributed by atoms with Crippen LogP contribution in [0.2, 0.25) is 5.02 Å². The molecule has 3 saturated heterocycles. The minimum absolute atomic E-state index is 0.0190. The number of alkyl halides is 3. The van der Waals surface area contributed by atoms with E-state index in [9.17, 15) is 31.9 Å². The average Bonchev–Trinajstić information content (AvgIpc) is 3.54. The Balaban J connectivity index is 1.17. The highest BCUT2D eigenvalue weighted by molar-refractivity contribution is 6.31. The van der Waals surface area contributed by atoms with Crippen molar-refractivity contribution in [3.8, 4) is 0 Å². The highest BCUT2D eigenvalue weighted by atomic mass is 35.5. The first-order valence-electron chi connectivity index (χ1n) is 15.0. The minimum atomic E-state index is -4.74. The number of benzene rings is 2. The van der Waals surface area contributed by atoms with Gasteiger partial charge >= 0.3 is 6.18 Å². The fraction of sp³-hybridized carbons (Fsp3) is 0.531. The molecule has 7 nitrogen and oxygen atoms in total. The minimum Gasteiger partial charge on any atom is -0.343 e. The Morgan fingerprint density at radius 3 is 2.20 bits per heavy atom. The monoisotopic (exact) mass is 636 g/mol. The molecule has 2 aromatic carbocycles. The summed E-state index contributed by atoms with van der Waals surface area (Å²) in [7, 11) is 0. The first-order chi connectivity index (χ1) is 20.8. The lowest BCUT2D eigenvalue weighted by Gasteiger charge is -2.34. The van der Waals surface area contributed by atoms with E-state index in [1.54, 1.807) is 11.8 Å². The van der Waals surface area contributed by atoms with E-state index in [1.807, 2.05) is 30.0 Å². The van der Waals surface area contributed by atoms with Crippen molar-refractivity contribution < 1.29 is 31.9 Å². The molecule has 0 aliphatic carbocycles. The van der Waals surface area contributed by atoms with Crippen molar-refractivity contribution in [1.29, 1.82) is 0 Å². The van der Waals surface area contributed by atoms with Crippen LogP contribution in [0, 0.1) is 30.5 Å². The van der Waals surface area contributed by atoms with Crippen LogP contribution in [-0.2, 0) is 15.8 Å². The fourth-order valence-electron chi connectivity index (χ4n) is 6.73. The largest absolute Gasteiger partial charge is 0.416 e. The number of hydrogen-bond donors (Lipinski definition) is 0. The zero-order valence-electron chi connectivity index (χ0n) is 24.9. The zero-order valence-corrected chi connectivity index (χ0v) is 25.6. The number of halogens is 5. The molecule has 0 saturated carbocycles. The van der Waals surface area contributed by atoms with Crippen molar-refractivity contribution in [3.63, 3.8) is 0 Å². The van der Waals surface area contributed by atoms with E-state index >= 15 is 0 Å². The first kappa shape index (κ1) is 32.2. The smallest absolute Gasteiger partial charge is 0.343 e. The van der Waals surface area contributed by atoms with E-state index in [-0.39, 0.29) is 35.1 Å². The summed E-state index contributed by atoms with van der Waals surface area (Å²) in [4.78, 5) is 45.9. The molecule has 0 spiro atoms. The van der Waals surface area contributed by atoms with Gasteiger partial charge in [0.2, 0.25) is 11.8 Å². The van der Waals surface area contributed by atoms with Gasteiger partial charge in [-0.2, -0.15) is 13.2 Å². The van der Waals surface area contributed by atoms with Gasteiger partial charge in [-0.15, -0.1) is 0 Å². The molecular formula is C32H37ClF4N4O3. The zero-order chi connectivity index (χ0) is 31.8. The van der Waals surface area contributed by atoms with Crippen LogP contribution in [0.4, 0.5) is 23.2 Å². The van der Waals surface area contributed by atoms with Crippen LogP contribution < -0.4 is 4.90 Å². The van der Waals surface area contributed by atoms with Crippen LogP contribution in [0.15, 0.2) is 36.4 Å². The Morgan fingerprint density at radius 2 is 1.61 bits per heavy atom. The molecule has 0 aromatic heterocycles. The summed E-state index contributed by atoms with van der Waals surface area (Å²) in [6, 6.07) is 7.60. The van der Waals surface area contributed by atoms with E-state index in [2.05, 4.69) is 4.90 Å². The van der Waals surface area contributed by atoms with Gasteiger partial charge in [0.15, 0.2) is 0 Å². The van der Waals surface area contributed by atoms with Gasteiger partial charge in [0.1, 0.15) is 5.82 Å². The lowest BCUT2D eigenvalue weighted by atomic mass is 9.94. The van der Waals surface area contributed by atoms with Crippen molar-refractivity contribution in [2.75, 3.05) is 57.3 Å². The quantitative estimate of drug-likeness (QED) is 0.377. The standard InChI is InChI=1S/C32H37ClF4N4O3/c1-20-4-5-28(15-29(20)33)41(31(44)22-6-10-39(11-7-22)21(2)42)9-3-8-38-16-24-18-40(19-25(24)17-38)30(43)23-12-26(32(35,36)37)14-27(34)13-23/h4-5,12-15,22,24-25H,3,6-11,16-19H2,1-2H3. The molecule has 0 bridgehead atoms. The number of anilines is 1. The van der Waals surface area contributed by atoms with Crippen molar-refractivity contribution in [3.05, 3.63) is 63.9 Å². The number of hydrogen-bond acceptors (Lipinski definition) is 4. The third kappa shape index (κ3) is 7.20. The highest BCUT2D eigenvalue weighted by Gasteiger charge is 2.42. The molecule has 3 aliphatic heterocycles. The first-order valence-corrected chi connectivity index (χ1v) is 15.4. The summed E-state index contributed by atoms with van der Waals surface area (Å²) in [5.74, 6) is -1.45. The van der Waals surface area contributed by atoms with Gasteiger partial charge in [-0.25, -0.2) is 4.39 Å². The molecule has 3 amide bonds. The van der Waals surface area contributed by atoms with Crippen molar-refractivity contribution in [2.24, 2.45) is 17.8 Å². The number of carbonyl (C=O) groups excluding carboxylic acids is 3. The molecular weight excluding hydrogens is 600 g/mol. The molecule has 2 aromatic rings. The van der Waals surface area contributed by atoms with Gasteiger partial charge in [0, 0.05) is 74.9 Å². The summed E-state index contributed by atoms with van der Waals surface area (Å²) >= 11 is 6.42. The van der Waals surface area contributed by atoms with Crippen LogP contribution in [0.25, 0.3) is 0 Å². The average molecular weight is 637 g/mol. The molecule has 2 unspecified atom stereocenters. The normalized spacial score (nSPS) is 21.1. The molecule has 5 rings (SSSR count). The van der Waals surface area contributed by atoms with E-state index in [4.69, 9.17) is 11.6 Å². The topological polar surface area (TPSA) is 64.2 Å². The van der Waals surface area contributed by atoms with Gasteiger partial charge in [-0.3, -0.25) is 14.4 Å². The maximum Gasteiger partial charge on any atom is 0.416 e. The summed E-state index contributed by atoms with van der Waals surface area (Å²) in [6.07, 6.45) is -2.79. The number of aryl methyl sites for hydroxylation is 1. The van der Waals surface area contributed by atoms with E-state index in [0.717, 1.165) is 43.4 Å². The SMILES string of the molecule is CC(=O)N1CCC(C(=O)N(CCCN2CC3CN(C(=O)c4cc(F)cc(C(F)(F)F)c4)CC3C2)c2ccc(C)c(Cl)c2)CC1. The van der Waals surface area contributed by atoms with E-state index in [0.29, 0.717) is 62.7 Å². The molecule has 12 heteroatoms. The molecule has 238 valence electrons. The van der Waals surface area contributed by atoms with Crippen LogP contribution in [-0.4, -0.2) is 84.8 Å². The third-order valence-corrected chi connectivity index (χ3v) is 9.61. The summed E-state index contributed by atoms with van der Waals surface area (Å²) in [6.45, 7) is 8.11. The fourth-order valence-corrected chi connectivity index (χ4v) is 6.90. The van der Waals surface area contributed by atoms with Gasteiger partial charge < -0.3 is 19.6 Å². The summed E-state index contributed by atoms with van der Waals surface area (Å²) < 4.78 is 53.3. The van der Waals surface area contributed by atoms with Crippen LogP contribution in [0.1, 0.15) is 47.7 Å². The van der Waals surface area contributed by atoms with Crippen LogP contribution in [0.3, 0.4) is 0 Å². The van der Waals surface area contributed by atoms with Gasteiger partial charge in [-0.05, 0) is 80.5 Å². The Kier molecular flexibility index (Phi) is 9.55.